The second kappa shape index (κ2) is 8.24. The molecule has 7 nitrogen and oxygen atoms in total. The number of benzene rings is 2. The number of carbonyl (C=O) groups is 1. The van der Waals surface area contributed by atoms with Gasteiger partial charge in [-0.1, -0.05) is 44.2 Å². The van der Waals surface area contributed by atoms with Crippen LogP contribution in [0.4, 0.5) is 16.3 Å². The molecular formula is C23H22N4O3. The Balaban J connectivity index is 1.89. The predicted molar refractivity (Wildman–Crippen MR) is 118 cm³/mol. The lowest BCUT2D eigenvalue weighted by atomic mass is 9.99. The zero-order valence-corrected chi connectivity index (χ0v) is 16.7. The molecule has 0 aliphatic rings. The number of hydrogen-bond donors (Lipinski definition) is 3. The van der Waals surface area contributed by atoms with E-state index in [4.69, 9.17) is 9.52 Å². The number of rotatable bonds is 6. The normalized spacial score (nSPS) is 11.0. The van der Waals surface area contributed by atoms with Crippen LogP contribution in [0.1, 0.15) is 13.8 Å². The number of amides is 1. The van der Waals surface area contributed by atoms with Gasteiger partial charge < -0.3 is 14.8 Å². The van der Waals surface area contributed by atoms with E-state index >= 15 is 0 Å². The zero-order chi connectivity index (χ0) is 21.1. The van der Waals surface area contributed by atoms with Crippen LogP contribution in [0.25, 0.3) is 33.6 Å². The average molecular weight is 402 g/mol. The minimum Gasteiger partial charge on any atom is -0.465 e. The molecule has 0 saturated carbocycles. The van der Waals surface area contributed by atoms with Crippen molar-refractivity contribution in [1.29, 1.82) is 0 Å². The smallest absolute Gasteiger partial charge is 0.409 e. The van der Waals surface area contributed by atoms with Crippen LogP contribution >= 0.6 is 0 Å². The van der Waals surface area contributed by atoms with Gasteiger partial charge in [-0.15, -0.1) is 0 Å². The van der Waals surface area contributed by atoms with Gasteiger partial charge >= 0.3 is 6.09 Å². The first-order valence-electron chi connectivity index (χ1n) is 9.70. The number of nitrogens with one attached hydrogen (secondary N) is 2. The fourth-order valence-corrected chi connectivity index (χ4v) is 3.28. The third kappa shape index (κ3) is 3.96. The minimum atomic E-state index is -1.10. The molecule has 0 aliphatic heterocycles. The van der Waals surface area contributed by atoms with Crippen molar-refractivity contribution in [3.05, 3.63) is 60.9 Å². The van der Waals surface area contributed by atoms with Crippen molar-refractivity contribution < 1.29 is 14.3 Å². The summed E-state index contributed by atoms with van der Waals surface area (Å²) in [4.78, 5) is 19.7. The molecule has 4 aromatic rings. The second-order valence-electron chi connectivity index (χ2n) is 7.36. The molecule has 1 amide bonds. The molecule has 0 radical (unpaired) electrons. The van der Waals surface area contributed by atoms with E-state index in [0.717, 1.165) is 34.4 Å². The number of furan rings is 1. The summed E-state index contributed by atoms with van der Waals surface area (Å²) in [7, 11) is 0. The first-order chi connectivity index (χ1) is 14.5. The van der Waals surface area contributed by atoms with Gasteiger partial charge in [-0.3, -0.25) is 5.32 Å². The number of hydrogen-bond acceptors (Lipinski definition) is 5. The first-order valence-corrected chi connectivity index (χ1v) is 9.70. The van der Waals surface area contributed by atoms with E-state index in [2.05, 4.69) is 34.4 Å². The highest BCUT2D eigenvalue weighted by molar-refractivity contribution is 6.05. The molecule has 0 unspecified atom stereocenters. The molecule has 2 aromatic carbocycles. The summed E-state index contributed by atoms with van der Waals surface area (Å²) in [5.41, 5.74) is 3.69. The maximum atomic E-state index is 10.9. The number of anilines is 2. The molecule has 0 fully saturated rings. The fourth-order valence-electron chi connectivity index (χ4n) is 3.28. The van der Waals surface area contributed by atoms with Gasteiger partial charge in [0.2, 0.25) is 5.71 Å². The summed E-state index contributed by atoms with van der Waals surface area (Å²) in [5.74, 6) is 1.84. The third-order valence-electron chi connectivity index (χ3n) is 4.63. The van der Waals surface area contributed by atoms with Crippen LogP contribution < -0.4 is 10.6 Å². The van der Waals surface area contributed by atoms with Gasteiger partial charge in [0, 0.05) is 23.4 Å². The van der Waals surface area contributed by atoms with Crippen LogP contribution in [0.2, 0.25) is 0 Å². The summed E-state index contributed by atoms with van der Waals surface area (Å²) in [6, 6.07) is 17.0. The van der Waals surface area contributed by atoms with E-state index < -0.39 is 6.09 Å². The minimum absolute atomic E-state index is 0.454. The van der Waals surface area contributed by atoms with Crippen LogP contribution in [-0.2, 0) is 0 Å². The monoisotopic (exact) mass is 402 g/mol. The molecule has 0 saturated heterocycles. The van der Waals surface area contributed by atoms with E-state index in [-0.39, 0.29) is 0 Å². The Labute approximate surface area is 173 Å². The number of nitrogens with zero attached hydrogens (tertiary/aromatic N) is 2. The molecule has 7 heteroatoms. The van der Waals surface area contributed by atoms with Crippen molar-refractivity contribution in [2.75, 3.05) is 17.2 Å². The molecule has 152 valence electrons. The van der Waals surface area contributed by atoms with Crippen molar-refractivity contribution in [2.24, 2.45) is 5.92 Å². The van der Waals surface area contributed by atoms with Gasteiger partial charge in [0.25, 0.3) is 0 Å². The Hall–Kier alpha value is -3.87. The van der Waals surface area contributed by atoms with Gasteiger partial charge in [-0.05, 0) is 35.7 Å². The summed E-state index contributed by atoms with van der Waals surface area (Å²) < 4.78 is 6.18. The summed E-state index contributed by atoms with van der Waals surface area (Å²) in [5, 5.41) is 15.5. The number of fused-ring (bicyclic) bond motifs is 1. The standard InChI is InChI=1S/C23H22N4O3/c1-14(2)12-24-21-19-18(15-6-4-3-5-7-15)20(30-22(19)26-13-25-21)16-8-10-17(11-9-16)27-23(28)29/h3-11,13-14,27H,12H2,1-2H3,(H,28,29)(H,24,25,26). The SMILES string of the molecule is CC(C)CNc1ncnc2oc(-c3ccc(NC(=O)O)cc3)c(-c3ccccc3)c12. The lowest BCUT2D eigenvalue weighted by molar-refractivity contribution is 0.210. The van der Waals surface area contributed by atoms with Crippen molar-refractivity contribution in [1.82, 2.24) is 9.97 Å². The molecule has 30 heavy (non-hydrogen) atoms. The molecule has 4 rings (SSSR count). The van der Waals surface area contributed by atoms with Crippen LogP contribution in [0.15, 0.2) is 65.3 Å². The zero-order valence-electron chi connectivity index (χ0n) is 16.7. The van der Waals surface area contributed by atoms with E-state index in [9.17, 15) is 4.79 Å². The van der Waals surface area contributed by atoms with Crippen molar-refractivity contribution in [3.63, 3.8) is 0 Å². The fraction of sp³-hybridized carbons (Fsp3) is 0.174. The van der Waals surface area contributed by atoms with Gasteiger partial charge in [0.05, 0.1) is 5.39 Å². The summed E-state index contributed by atoms with van der Waals surface area (Å²) in [6.45, 7) is 5.05. The molecule has 0 bridgehead atoms. The maximum absolute atomic E-state index is 10.9. The van der Waals surface area contributed by atoms with E-state index in [1.54, 1.807) is 12.1 Å². The Bertz CT molecular complexity index is 1170. The molecule has 0 atom stereocenters. The van der Waals surface area contributed by atoms with Gasteiger partial charge in [0.15, 0.2) is 0 Å². The van der Waals surface area contributed by atoms with E-state index in [1.807, 2.05) is 42.5 Å². The highest BCUT2D eigenvalue weighted by Crippen LogP contribution is 2.42. The van der Waals surface area contributed by atoms with Gasteiger partial charge in [-0.2, -0.15) is 0 Å². The first kappa shape index (κ1) is 19.4. The molecule has 0 aliphatic carbocycles. The Morgan fingerprint density at radius 2 is 1.77 bits per heavy atom. The van der Waals surface area contributed by atoms with Crippen molar-refractivity contribution >= 4 is 28.7 Å². The Morgan fingerprint density at radius 1 is 1.03 bits per heavy atom. The highest BCUT2D eigenvalue weighted by atomic mass is 16.4. The summed E-state index contributed by atoms with van der Waals surface area (Å²) in [6.07, 6.45) is 0.389. The van der Waals surface area contributed by atoms with Gasteiger partial charge in [0.1, 0.15) is 17.9 Å². The Morgan fingerprint density at radius 3 is 2.43 bits per heavy atom. The molecular weight excluding hydrogens is 380 g/mol. The number of carboxylic acid groups (broad SMARTS) is 1. The van der Waals surface area contributed by atoms with Crippen LogP contribution in [0, 0.1) is 5.92 Å². The highest BCUT2D eigenvalue weighted by Gasteiger charge is 2.22. The third-order valence-corrected chi connectivity index (χ3v) is 4.63. The van der Waals surface area contributed by atoms with E-state index in [1.165, 1.54) is 6.33 Å². The molecule has 3 N–H and O–H groups in total. The lowest BCUT2D eigenvalue weighted by Gasteiger charge is -2.10. The summed E-state index contributed by atoms with van der Waals surface area (Å²) >= 11 is 0. The van der Waals surface area contributed by atoms with Crippen LogP contribution in [0.3, 0.4) is 0 Å². The number of aromatic nitrogens is 2. The predicted octanol–water partition coefficient (Wildman–Crippen LogP) is 5.71. The van der Waals surface area contributed by atoms with Gasteiger partial charge in [-0.25, -0.2) is 14.8 Å². The van der Waals surface area contributed by atoms with Crippen molar-refractivity contribution in [2.45, 2.75) is 13.8 Å². The van der Waals surface area contributed by atoms with Crippen LogP contribution in [-0.4, -0.2) is 27.7 Å². The Kier molecular flexibility index (Phi) is 5.34. The second-order valence-corrected chi connectivity index (χ2v) is 7.36. The maximum Gasteiger partial charge on any atom is 0.409 e. The quantitative estimate of drug-likeness (QED) is 0.382. The topological polar surface area (TPSA) is 100 Å². The van der Waals surface area contributed by atoms with E-state index in [0.29, 0.717) is 23.1 Å². The molecule has 0 spiro atoms. The van der Waals surface area contributed by atoms with Crippen LogP contribution in [0.5, 0.6) is 0 Å². The van der Waals surface area contributed by atoms with Crippen molar-refractivity contribution in [3.8, 4) is 22.5 Å². The molecule has 2 aromatic heterocycles. The lowest BCUT2D eigenvalue weighted by Crippen LogP contribution is -2.09. The largest absolute Gasteiger partial charge is 0.465 e. The average Bonchev–Trinajstić information content (AvgIpc) is 3.13. The molecule has 2 heterocycles.